The van der Waals surface area contributed by atoms with Crippen LogP contribution < -0.4 is 20.9 Å². The Bertz CT molecular complexity index is 1320. The van der Waals surface area contributed by atoms with Crippen molar-refractivity contribution in [2.45, 2.75) is 32.7 Å². The van der Waals surface area contributed by atoms with Gasteiger partial charge in [0.25, 0.3) is 0 Å². The van der Waals surface area contributed by atoms with Crippen LogP contribution in [-0.2, 0) is 4.79 Å². The highest BCUT2D eigenvalue weighted by Crippen LogP contribution is 2.36. The zero-order chi connectivity index (χ0) is 24.9. The first-order valence-corrected chi connectivity index (χ1v) is 11.9. The molecular weight excluding hydrogens is 460 g/mol. The van der Waals surface area contributed by atoms with Crippen LogP contribution in [0.5, 0.6) is 0 Å². The zero-order valence-corrected chi connectivity index (χ0v) is 20.2. The van der Waals surface area contributed by atoms with Crippen LogP contribution >= 0.6 is 0 Å². The molecule has 4 N–H and O–H groups in total. The average molecular weight is 489 g/mol. The maximum absolute atomic E-state index is 11.2. The standard InChI is InChI=1S/C24H28N10O2/c1-15-12-23(32-31-15)28-22-14-21(27-10-9-25-16(2)35)29-24(30-22)34-11-5-7-19(34)20-13-18(33-36-20)17-6-3-4-8-26-17/h3-4,6,8,12-14,19H,5,7,9-11H2,1-2H3,(H,25,35)(H3,27,28,29,30,31,32)/t19-/m0/s1. The second kappa shape index (κ2) is 10.4. The highest BCUT2D eigenvalue weighted by Gasteiger charge is 2.32. The molecule has 1 fully saturated rings. The Morgan fingerprint density at radius 3 is 2.81 bits per heavy atom. The lowest BCUT2D eigenvalue weighted by Gasteiger charge is -2.23. The van der Waals surface area contributed by atoms with Crippen molar-refractivity contribution in [3.05, 3.63) is 54.0 Å². The van der Waals surface area contributed by atoms with Gasteiger partial charge in [0.05, 0.1) is 11.7 Å². The maximum Gasteiger partial charge on any atom is 0.229 e. The Morgan fingerprint density at radius 1 is 1.14 bits per heavy atom. The molecule has 0 unspecified atom stereocenters. The molecule has 5 heterocycles. The number of carbonyl (C=O) groups excluding carboxylic acids is 1. The topological polar surface area (TPSA) is 150 Å². The fourth-order valence-corrected chi connectivity index (χ4v) is 4.14. The number of H-pyrrole nitrogens is 1. The van der Waals surface area contributed by atoms with Crippen LogP contribution in [0.4, 0.5) is 23.4 Å². The molecule has 0 radical (unpaired) electrons. The molecule has 1 saturated heterocycles. The maximum atomic E-state index is 11.2. The van der Waals surface area contributed by atoms with Gasteiger partial charge < -0.3 is 25.4 Å². The molecule has 0 saturated carbocycles. The summed E-state index contributed by atoms with van der Waals surface area (Å²) in [5.74, 6) is 3.14. The number of nitrogens with zero attached hydrogens (tertiary/aromatic N) is 6. The van der Waals surface area contributed by atoms with Crippen molar-refractivity contribution in [1.82, 2.24) is 35.6 Å². The molecule has 12 nitrogen and oxygen atoms in total. The van der Waals surface area contributed by atoms with Gasteiger partial charge in [-0.15, -0.1) is 0 Å². The number of anilines is 4. The van der Waals surface area contributed by atoms with Crippen molar-refractivity contribution in [1.29, 1.82) is 0 Å². The van der Waals surface area contributed by atoms with E-state index in [1.165, 1.54) is 6.92 Å². The molecule has 1 aliphatic heterocycles. The van der Waals surface area contributed by atoms with Crippen LogP contribution in [0.25, 0.3) is 11.4 Å². The Balaban J connectivity index is 1.40. The first-order chi connectivity index (χ1) is 17.5. The van der Waals surface area contributed by atoms with Gasteiger partial charge in [-0.25, -0.2) is 0 Å². The summed E-state index contributed by atoms with van der Waals surface area (Å²) in [6.45, 7) is 5.21. The number of amides is 1. The minimum atomic E-state index is -0.0755. The van der Waals surface area contributed by atoms with Crippen LogP contribution in [0, 0.1) is 6.92 Å². The van der Waals surface area contributed by atoms with Crippen molar-refractivity contribution in [3.63, 3.8) is 0 Å². The molecule has 4 aromatic rings. The first kappa shape index (κ1) is 23.3. The van der Waals surface area contributed by atoms with Gasteiger partial charge in [0.15, 0.2) is 11.6 Å². The number of aromatic amines is 1. The first-order valence-electron chi connectivity index (χ1n) is 11.9. The van der Waals surface area contributed by atoms with Crippen molar-refractivity contribution in [2.24, 2.45) is 0 Å². The largest absolute Gasteiger partial charge is 0.368 e. The molecule has 0 aliphatic carbocycles. The molecule has 4 aromatic heterocycles. The van der Waals surface area contributed by atoms with E-state index in [-0.39, 0.29) is 11.9 Å². The lowest BCUT2D eigenvalue weighted by Crippen LogP contribution is -2.27. The number of rotatable bonds is 9. The number of pyridine rings is 1. The van der Waals surface area contributed by atoms with Gasteiger partial charge in [-0.2, -0.15) is 15.1 Å². The molecule has 0 bridgehead atoms. The molecule has 186 valence electrons. The minimum Gasteiger partial charge on any atom is -0.368 e. The van der Waals surface area contributed by atoms with Gasteiger partial charge in [0.1, 0.15) is 17.3 Å². The van der Waals surface area contributed by atoms with Crippen molar-refractivity contribution < 1.29 is 9.32 Å². The molecule has 1 aliphatic rings. The predicted molar refractivity (Wildman–Crippen MR) is 135 cm³/mol. The van der Waals surface area contributed by atoms with E-state index in [4.69, 9.17) is 14.5 Å². The smallest absolute Gasteiger partial charge is 0.229 e. The minimum absolute atomic E-state index is 0.0509. The Labute approximate surface area is 207 Å². The third-order valence-electron chi connectivity index (χ3n) is 5.78. The number of aryl methyl sites for hydroxylation is 1. The summed E-state index contributed by atoms with van der Waals surface area (Å²) >= 11 is 0. The predicted octanol–water partition coefficient (Wildman–Crippen LogP) is 3.19. The second-order valence-electron chi connectivity index (χ2n) is 8.59. The van der Waals surface area contributed by atoms with Gasteiger partial charge >= 0.3 is 0 Å². The molecule has 1 atom stereocenters. The zero-order valence-electron chi connectivity index (χ0n) is 20.2. The summed E-state index contributed by atoms with van der Waals surface area (Å²) in [4.78, 5) is 27.2. The Kier molecular flexibility index (Phi) is 6.74. The van der Waals surface area contributed by atoms with E-state index in [1.54, 1.807) is 6.20 Å². The summed E-state index contributed by atoms with van der Waals surface area (Å²) in [7, 11) is 0. The monoisotopic (exact) mass is 488 g/mol. The third kappa shape index (κ3) is 5.43. The Hall–Kier alpha value is -4.48. The van der Waals surface area contributed by atoms with E-state index in [1.807, 2.05) is 43.3 Å². The molecular formula is C24H28N10O2. The molecule has 0 spiro atoms. The van der Waals surface area contributed by atoms with Crippen LogP contribution in [-0.4, -0.2) is 55.8 Å². The van der Waals surface area contributed by atoms with Crippen LogP contribution in [0.3, 0.4) is 0 Å². The third-order valence-corrected chi connectivity index (χ3v) is 5.78. The van der Waals surface area contributed by atoms with Crippen LogP contribution in [0.2, 0.25) is 0 Å². The highest BCUT2D eigenvalue weighted by atomic mass is 16.5. The van der Waals surface area contributed by atoms with E-state index in [0.29, 0.717) is 42.2 Å². The average Bonchev–Trinajstić information content (AvgIpc) is 3.63. The van der Waals surface area contributed by atoms with E-state index in [9.17, 15) is 4.79 Å². The van der Waals surface area contributed by atoms with Gasteiger partial charge in [-0.1, -0.05) is 11.2 Å². The van der Waals surface area contributed by atoms with Gasteiger partial charge in [0.2, 0.25) is 11.9 Å². The lowest BCUT2D eigenvalue weighted by molar-refractivity contribution is -0.118. The summed E-state index contributed by atoms with van der Waals surface area (Å²) in [6.07, 6.45) is 3.59. The van der Waals surface area contributed by atoms with Gasteiger partial charge in [-0.05, 0) is 31.9 Å². The summed E-state index contributed by atoms with van der Waals surface area (Å²) in [5, 5.41) is 20.7. The number of hydrogen-bond donors (Lipinski definition) is 4. The van der Waals surface area contributed by atoms with Crippen molar-refractivity contribution in [2.75, 3.05) is 35.2 Å². The van der Waals surface area contributed by atoms with E-state index in [2.05, 4.69) is 41.2 Å². The molecule has 36 heavy (non-hydrogen) atoms. The Morgan fingerprint density at radius 2 is 2.03 bits per heavy atom. The fourth-order valence-electron chi connectivity index (χ4n) is 4.14. The number of nitrogens with one attached hydrogen (secondary N) is 4. The van der Waals surface area contributed by atoms with E-state index in [0.717, 1.165) is 36.5 Å². The van der Waals surface area contributed by atoms with Crippen LogP contribution in [0.1, 0.15) is 37.3 Å². The summed E-state index contributed by atoms with van der Waals surface area (Å²) in [5.41, 5.74) is 2.40. The molecule has 5 rings (SSSR count). The molecule has 1 amide bonds. The van der Waals surface area contributed by atoms with Crippen molar-refractivity contribution >= 4 is 29.3 Å². The SMILES string of the molecule is CC(=O)NCCNc1cc(Nc2cc(C)[nH]n2)nc(N2CCC[C@H]2c2cc(-c3ccccn3)no2)n1. The van der Waals surface area contributed by atoms with Gasteiger partial charge in [-0.3, -0.25) is 14.9 Å². The van der Waals surface area contributed by atoms with E-state index >= 15 is 0 Å². The van der Waals surface area contributed by atoms with Crippen LogP contribution in [0.15, 0.2) is 47.1 Å². The molecule has 12 heteroatoms. The summed E-state index contributed by atoms with van der Waals surface area (Å²) < 4.78 is 5.74. The fraction of sp³-hybridized carbons (Fsp3) is 0.333. The van der Waals surface area contributed by atoms with Crippen molar-refractivity contribution in [3.8, 4) is 11.4 Å². The number of aromatic nitrogens is 6. The van der Waals surface area contributed by atoms with E-state index < -0.39 is 0 Å². The lowest BCUT2D eigenvalue weighted by atomic mass is 10.1. The summed E-state index contributed by atoms with van der Waals surface area (Å²) in [6, 6.07) is 11.3. The normalized spacial score (nSPS) is 15.2. The van der Waals surface area contributed by atoms with Gasteiger partial charge in [0, 0.05) is 56.6 Å². The number of hydrogen-bond acceptors (Lipinski definition) is 10. The number of carbonyl (C=O) groups is 1. The molecule has 0 aromatic carbocycles. The highest BCUT2D eigenvalue weighted by molar-refractivity contribution is 5.72. The second-order valence-corrected chi connectivity index (χ2v) is 8.59. The quantitative estimate of drug-likeness (QED) is 0.259.